The van der Waals surface area contributed by atoms with Crippen molar-refractivity contribution in [2.24, 2.45) is 0 Å². The van der Waals surface area contributed by atoms with Crippen LogP contribution in [-0.2, 0) is 0 Å². The second-order valence-corrected chi connectivity index (χ2v) is 5.94. The molecule has 2 heterocycles. The summed E-state index contributed by atoms with van der Waals surface area (Å²) < 4.78 is 16.1. The summed E-state index contributed by atoms with van der Waals surface area (Å²) in [6.45, 7) is 2.03. The Balaban J connectivity index is 1.81. The summed E-state index contributed by atoms with van der Waals surface area (Å²) in [4.78, 5) is 8.59. The predicted molar refractivity (Wildman–Crippen MR) is 103 cm³/mol. The number of ether oxygens (including phenoxy) is 2. The molecule has 0 saturated carbocycles. The quantitative estimate of drug-likeness (QED) is 0.565. The van der Waals surface area contributed by atoms with Gasteiger partial charge in [0.05, 0.1) is 14.2 Å². The smallest absolute Gasteiger partial charge is 0.263 e. The largest absolute Gasteiger partial charge is 0.493 e. The van der Waals surface area contributed by atoms with Crippen molar-refractivity contribution >= 4 is 22.6 Å². The van der Waals surface area contributed by atoms with Gasteiger partial charge in [-0.1, -0.05) is 29.4 Å². The number of anilines is 2. The first-order valence-electron chi connectivity index (χ1n) is 8.36. The highest BCUT2D eigenvalue weighted by molar-refractivity contribution is 5.99. The van der Waals surface area contributed by atoms with Crippen LogP contribution in [0.4, 0.5) is 11.5 Å². The summed E-state index contributed by atoms with van der Waals surface area (Å²) in [7, 11) is 3.20. The van der Waals surface area contributed by atoms with Crippen molar-refractivity contribution < 1.29 is 14.0 Å². The predicted octanol–water partition coefficient (Wildman–Crippen LogP) is 4.35. The highest BCUT2D eigenvalue weighted by Gasteiger charge is 2.18. The summed E-state index contributed by atoms with van der Waals surface area (Å²) in [6.07, 6.45) is 1.44. The fourth-order valence-corrected chi connectivity index (χ4v) is 2.95. The molecule has 0 fully saturated rings. The Kier molecular flexibility index (Phi) is 4.33. The molecule has 0 unspecified atom stereocenters. The Hall–Kier alpha value is -3.61. The minimum atomic E-state index is 0.422. The number of hydrogen-bond acceptors (Lipinski definition) is 7. The summed E-state index contributed by atoms with van der Waals surface area (Å²) in [5.74, 6) is 1.88. The van der Waals surface area contributed by atoms with Crippen LogP contribution in [0.2, 0.25) is 0 Å². The van der Waals surface area contributed by atoms with E-state index in [4.69, 9.17) is 14.0 Å². The van der Waals surface area contributed by atoms with Gasteiger partial charge in [-0.05, 0) is 24.6 Å². The van der Waals surface area contributed by atoms with E-state index >= 15 is 0 Å². The van der Waals surface area contributed by atoms with Crippen molar-refractivity contribution in [3.8, 4) is 22.8 Å². The molecule has 0 amide bonds. The fraction of sp³-hybridized carbons (Fsp3) is 0.150. The molecule has 2 aromatic carbocycles. The molecule has 0 aliphatic heterocycles. The first kappa shape index (κ1) is 16.8. The standard InChI is InChI=1S/C20H18N4O3/c1-12-6-4-5-7-14(12)18-17-19(21-11-22-20(17)27-24-18)23-13-8-9-15(25-2)16(10-13)26-3/h4-11H,1-3H3,(H,21,22,23). The molecule has 27 heavy (non-hydrogen) atoms. The zero-order chi connectivity index (χ0) is 18.8. The molecule has 0 saturated heterocycles. The molecular weight excluding hydrogens is 344 g/mol. The highest BCUT2D eigenvalue weighted by Crippen LogP contribution is 2.36. The number of rotatable bonds is 5. The van der Waals surface area contributed by atoms with E-state index < -0.39 is 0 Å². The zero-order valence-corrected chi connectivity index (χ0v) is 15.2. The Morgan fingerprint density at radius 3 is 2.56 bits per heavy atom. The minimum Gasteiger partial charge on any atom is -0.493 e. The Morgan fingerprint density at radius 1 is 0.963 bits per heavy atom. The van der Waals surface area contributed by atoms with Gasteiger partial charge in [0, 0.05) is 17.3 Å². The van der Waals surface area contributed by atoms with Crippen LogP contribution in [0, 0.1) is 6.92 Å². The van der Waals surface area contributed by atoms with Gasteiger partial charge in [0.2, 0.25) is 0 Å². The normalized spacial score (nSPS) is 10.8. The van der Waals surface area contributed by atoms with Crippen molar-refractivity contribution in [2.75, 3.05) is 19.5 Å². The van der Waals surface area contributed by atoms with Gasteiger partial charge in [-0.2, -0.15) is 4.98 Å². The maximum Gasteiger partial charge on any atom is 0.263 e. The molecule has 2 aromatic heterocycles. The Bertz CT molecular complexity index is 1110. The van der Waals surface area contributed by atoms with Gasteiger partial charge in [0.25, 0.3) is 5.71 Å². The van der Waals surface area contributed by atoms with Crippen LogP contribution in [0.5, 0.6) is 11.5 Å². The number of aromatic nitrogens is 3. The van der Waals surface area contributed by atoms with Gasteiger partial charge in [-0.15, -0.1) is 0 Å². The maximum absolute atomic E-state index is 5.43. The fourth-order valence-electron chi connectivity index (χ4n) is 2.95. The van der Waals surface area contributed by atoms with Crippen molar-refractivity contribution in [1.29, 1.82) is 0 Å². The lowest BCUT2D eigenvalue weighted by molar-refractivity contribution is 0.355. The number of aryl methyl sites for hydroxylation is 1. The van der Waals surface area contributed by atoms with E-state index in [1.807, 2.05) is 49.4 Å². The Morgan fingerprint density at radius 2 is 1.78 bits per heavy atom. The summed E-state index contributed by atoms with van der Waals surface area (Å²) in [5, 5.41) is 8.25. The van der Waals surface area contributed by atoms with Crippen molar-refractivity contribution in [3.63, 3.8) is 0 Å². The first-order chi connectivity index (χ1) is 13.2. The third-order valence-corrected chi connectivity index (χ3v) is 4.32. The molecule has 136 valence electrons. The lowest BCUT2D eigenvalue weighted by Gasteiger charge is -2.11. The van der Waals surface area contributed by atoms with Crippen molar-refractivity contribution in [1.82, 2.24) is 15.1 Å². The molecule has 0 aliphatic rings. The molecule has 0 spiro atoms. The second-order valence-electron chi connectivity index (χ2n) is 5.94. The average molecular weight is 362 g/mol. The van der Waals surface area contributed by atoms with Crippen LogP contribution in [-0.4, -0.2) is 29.3 Å². The number of fused-ring (bicyclic) bond motifs is 1. The second kappa shape index (κ2) is 6.95. The van der Waals surface area contributed by atoms with Crippen LogP contribution in [0.3, 0.4) is 0 Å². The van der Waals surface area contributed by atoms with Crippen LogP contribution >= 0.6 is 0 Å². The minimum absolute atomic E-state index is 0.422. The molecule has 7 nitrogen and oxygen atoms in total. The van der Waals surface area contributed by atoms with Crippen LogP contribution in [0.1, 0.15) is 5.56 Å². The summed E-state index contributed by atoms with van der Waals surface area (Å²) in [5.41, 5.74) is 3.98. The lowest BCUT2D eigenvalue weighted by Crippen LogP contribution is -1.97. The monoisotopic (exact) mass is 362 g/mol. The number of nitrogens with one attached hydrogen (secondary N) is 1. The van der Waals surface area contributed by atoms with Gasteiger partial charge in [-0.25, -0.2) is 4.98 Å². The van der Waals surface area contributed by atoms with Gasteiger partial charge in [0.1, 0.15) is 23.2 Å². The van der Waals surface area contributed by atoms with Crippen LogP contribution < -0.4 is 14.8 Å². The molecule has 0 atom stereocenters. The van der Waals surface area contributed by atoms with E-state index in [1.54, 1.807) is 14.2 Å². The molecule has 4 aromatic rings. The van der Waals surface area contributed by atoms with Gasteiger partial charge < -0.3 is 19.3 Å². The molecule has 7 heteroatoms. The lowest BCUT2D eigenvalue weighted by atomic mass is 10.0. The van der Waals surface area contributed by atoms with E-state index in [-0.39, 0.29) is 0 Å². The SMILES string of the molecule is COc1ccc(Nc2ncnc3onc(-c4ccccc4C)c23)cc1OC. The molecule has 1 N–H and O–H groups in total. The van der Waals surface area contributed by atoms with E-state index in [9.17, 15) is 0 Å². The van der Waals surface area contributed by atoms with Gasteiger partial charge in [-0.3, -0.25) is 0 Å². The van der Waals surface area contributed by atoms with E-state index in [1.165, 1.54) is 6.33 Å². The molecule has 0 aliphatic carbocycles. The third-order valence-electron chi connectivity index (χ3n) is 4.32. The number of hydrogen-bond donors (Lipinski definition) is 1. The number of nitrogens with zero attached hydrogens (tertiary/aromatic N) is 3. The molecule has 4 rings (SSSR count). The molecule has 0 bridgehead atoms. The van der Waals surface area contributed by atoms with E-state index in [0.29, 0.717) is 28.7 Å². The maximum atomic E-state index is 5.43. The summed E-state index contributed by atoms with van der Waals surface area (Å²) >= 11 is 0. The molecule has 0 radical (unpaired) electrons. The topological polar surface area (TPSA) is 82.3 Å². The third kappa shape index (κ3) is 3.03. The zero-order valence-electron chi connectivity index (χ0n) is 15.2. The summed E-state index contributed by atoms with van der Waals surface area (Å²) in [6, 6.07) is 13.5. The number of benzene rings is 2. The van der Waals surface area contributed by atoms with Crippen LogP contribution in [0.15, 0.2) is 53.3 Å². The van der Waals surface area contributed by atoms with E-state index in [2.05, 4.69) is 20.4 Å². The van der Waals surface area contributed by atoms with Crippen molar-refractivity contribution in [3.05, 3.63) is 54.4 Å². The van der Waals surface area contributed by atoms with Crippen LogP contribution in [0.25, 0.3) is 22.4 Å². The highest BCUT2D eigenvalue weighted by atomic mass is 16.5. The molecular formula is C20H18N4O3. The Labute approximate surface area is 156 Å². The number of methoxy groups -OCH3 is 2. The average Bonchev–Trinajstić information content (AvgIpc) is 3.13. The van der Waals surface area contributed by atoms with Crippen molar-refractivity contribution in [2.45, 2.75) is 6.92 Å². The van der Waals surface area contributed by atoms with Gasteiger partial charge in [0.15, 0.2) is 11.5 Å². The van der Waals surface area contributed by atoms with Gasteiger partial charge >= 0.3 is 0 Å². The van der Waals surface area contributed by atoms with E-state index in [0.717, 1.165) is 22.2 Å². The first-order valence-corrected chi connectivity index (χ1v) is 8.36.